The van der Waals surface area contributed by atoms with Gasteiger partial charge in [0.25, 0.3) is 0 Å². The highest BCUT2D eigenvalue weighted by Crippen LogP contribution is 2.40. The number of methoxy groups -OCH3 is 2. The molecule has 1 fully saturated rings. The Hall–Kier alpha value is -2.75. The fourth-order valence-electron chi connectivity index (χ4n) is 3.14. The summed E-state index contributed by atoms with van der Waals surface area (Å²) < 4.78 is 21.8. The predicted molar refractivity (Wildman–Crippen MR) is 121 cm³/mol. The number of hydrogen-bond acceptors (Lipinski definition) is 8. The van der Waals surface area contributed by atoms with Crippen molar-refractivity contribution in [3.8, 4) is 17.2 Å². The molecule has 9 nitrogen and oxygen atoms in total. The molecule has 0 spiro atoms. The van der Waals surface area contributed by atoms with Crippen LogP contribution in [-0.2, 0) is 16.1 Å². The number of benzene rings is 1. The van der Waals surface area contributed by atoms with Gasteiger partial charge in [-0.25, -0.2) is 9.97 Å². The average molecular weight is 483 g/mol. The van der Waals surface area contributed by atoms with Crippen molar-refractivity contribution in [2.24, 2.45) is 0 Å². The van der Waals surface area contributed by atoms with Gasteiger partial charge in [0.05, 0.1) is 55.3 Å². The molecule has 0 aliphatic carbocycles. The second-order valence-electron chi connectivity index (χ2n) is 6.85. The van der Waals surface area contributed by atoms with Crippen LogP contribution in [0, 0.1) is 0 Å². The third-order valence-electron chi connectivity index (χ3n) is 4.86. The van der Waals surface area contributed by atoms with Gasteiger partial charge in [0, 0.05) is 18.2 Å². The summed E-state index contributed by atoms with van der Waals surface area (Å²) in [5, 5.41) is 6.75. The molecule has 2 aromatic rings. The summed E-state index contributed by atoms with van der Waals surface area (Å²) in [5.41, 5.74) is 0.520. The fourth-order valence-corrected chi connectivity index (χ4v) is 3.75. The minimum absolute atomic E-state index is 0.0630. The van der Waals surface area contributed by atoms with Crippen LogP contribution in [0.3, 0.4) is 0 Å². The van der Waals surface area contributed by atoms with Crippen molar-refractivity contribution < 1.29 is 23.7 Å². The van der Waals surface area contributed by atoms with Gasteiger partial charge in [-0.05, 0) is 12.5 Å². The summed E-state index contributed by atoms with van der Waals surface area (Å²) in [7, 11) is 3.01. The lowest BCUT2D eigenvalue weighted by atomic mass is 10.0. The van der Waals surface area contributed by atoms with Crippen LogP contribution < -0.4 is 24.8 Å². The first-order valence-electron chi connectivity index (χ1n) is 9.77. The lowest BCUT2D eigenvalue weighted by molar-refractivity contribution is -0.117. The van der Waals surface area contributed by atoms with Crippen LogP contribution in [0.5, 0.6) is 17.2 Å². The topological polar surface area (TPSA) is 104 Å². The Labute approximate surface area is 196 Å². The normalized spacial score (nSPS) is 17.9. The highest BCUT2D eigenvalue weighted by molar-refractivity contribution is 6.37. The molecule has 172 valence electrons. The standard InChI is InChI=1S/C21H24Cl2N4O5/c1-4-18(28)26-14-5-6-31-11-15(14)27-21-24-8-12(9-25-21)32-10-13-19(22)16(29-2)7-17(30-3)20(13)23/h4,7-9,14-15H,1,5-6,10-11H2,2-3H3,(H,26,28)(H,24,25,27). The van der Waals surface area contributed by atoms with E-state index in [0.29, 0.717) is 58.4 Å². The van der Waals surface area contributed by atoms with Gasteiger partial charge in [-0.2, -0.15) is 0 Å². The molecule has 11 heteroatoms. The Morgan fingerprint density at radius 1 is 1.22 bits per heavy atom. The van der Waals surface area contributed by atoms with Crippen LogP contribution in [0.2, 0.25) is 10.0 Å². The van der Waals surface area contributed by atoms with Gasteiger partial charge in [-0.15, -0.1) is 0 Å². The minimum Gasteiger partial charge on any atom is -0.495 e. The molecule has 32 heavy (non-hydrogen) atoms. The zero-order chi connectivity index (χ0) is 23.1. The van der Waals surface area contributed by atoms with E-state index in [4.69, 9.17) is 42.1 Å². The second kappa shape index (κ2) is 11.2. The molecule has 2 atom stereocenters. The number of ether oxygens (including phenoxy) is 4. The van der Waals surface area contributed by atoms with Crippen molar-refractivity contribution >= 4 is 35.1 Å². The first-order valence-corrected chi connectivity index (χ1v) is 10.5. The first kappa shape index (κ1) is 23.9. The number of nitrogens with zero attached hydrogens (tertiary/aromatic N) is 2. The Morgan fingerprint density at radius 2 is 1.88 bits per heavy atom. The van der Waals surface area contributed by atoms with E-state index >= 15 is 0 Å². The maximum atomic E-state index is 11.7. The van der Waals surface area contributed by atoms with Crippen LogP contribution in [0.15, 0.2) is 31.1 Å². The Morgan fingerprint density at radius 3 is 2.47 bits per heavy atom. The largest absolute Gasteiger partial charge is 0.495 e. The maximum Gasteiger partial charge on any atom is 0.243 e. The lowest BCUT2D eigenvalue weighted by Crippen LogP contribution is -2.52. The summed E-state index contributed by atoms with van der Waals surface area (Å²) in [5.74, 6) is 1.41. The molecule has 0 bridgehead atoms. The molecular formula is C21H24Cl2N4O5. The van der Waals surface area contributed by atoms with Gasteiger partial charge in [0.15, 0.2) is 5.75 Å². The molecule has 3 rings (SSSR count). The number of nitrogens with one attached hydrogen (secondary N) is 2. The van der Waals surface area contributed by atoms with Crippen molar-refractivity contribution in [3.05, 3.63) is 46.7 Å². The van der Waals surface area contributed by atoms with Crippen LogP contribution in [0.1, 0.15) is 12.0 Å². The lowest BCUT2D eigenvalue weighted by Gasteiger charge is -2.32. The highest BCUT2D eigenvalue weighted by Gasteiger charge is 2.27. The number of amides is 1. The fraction of sp³-hybridized carbons (Fsp3) is 0.381. The molecule has 1 aromatic carbocycles. The van der Waals surface area contributed by atoms with Crippen LogP contribution in [0.25, 0.3) is 0 Å². The van der Waals surface area contributed by atoms with Gasteiger partial charge in [-0.1, -0.05) is 29.8 Å². The number of aromatic nitrogens is 2. The molecule has 0 saturated carbocycles. The Bertz CT molecular complexity index is 930. The van der Waals surface area contributed by atoms with E-state index in [9.17, 15) is 4.79 Å². The molecule has 2 unspecified atom stereocenters. The molecule has 2 N–H and O–H groups in total. The van der Waals surface area contributed by atoms with E-state index in [1.54, 1.807) is 6.07 Å². The molecular weight excluding hydrogens is 459 g/mol. The van der Waals surface area contributed by atoms with Crippen molar-refractivity contribution in [2.45, 2.75) is 25.1 Å². The zero-order valence-corrected chi connectivity index (χ0v) is 19.2. The molecule has 1 aliphatic rings. The van der Waals surface area contributed by atoms with Gasteiger partial charge in [-0.3, -0.25) is 4.79 Å². The van der Waals surface area contributed by atoms with Gasteiger partial charge < -0.3 is 29.6 Å². The van der Waals surface area contributed by atoms with Crippen molar-refractivity contribution in [3.63, 3.8) is 0 Å². The van der Waals surface area contributed by atoms with E-state index in [2.05, 4.69) is 27.2 Å². The number of carbonyl (C=O) groups is 1. The molecule has 0 radical (unpaired) electrons. The zero-order valence-electron chi connectivity index (χ0n) is 17.7. The van der Waals surface area contributed by atoms with Crippen LogP contribution in [-0.4, -0.2) is 55.4 Å². The maximum absolute atomic E-state index is 11.7. The number of anilines is 1. The SMILES string of the molecule is C=CC(=O)NC1CCOCC1Nc1ncc(OCc2c(Cl)c(OC)cc(OC)c2Cl)cn1. The molecule has 1 aromatic heterocycles. The number of rotatable bonds is 9. The summed E-state index contributed by atoms with van der Waals surface area (Å²) >= 11 is 12.7. The van der Waals surface area contributed by atoms with E-state index in [1.165, 1.54) is 32.7 Å². The van der Waals surface area contributed by atoms with Gasteiger partial charge in [0.1, 0.15) is 18.1 Å². The van der Waals surface area contributed by atoms with E-state index in [-0.39, 0.29) is 24.6 Å². The summed E-state index contributed by atoms with van der Waals surface area (Å²) in [4.78, 5) is 20.2. The molecule has 1 aliphatic heterocycles. The van der Waals surface area contributed by atoms with Crippen molar-refractivity contribution in [1.82, 2.24) is 15.3 Å². The smallest absolute Gasteiger partial charge is 0.243 e. The minimum atomic E-state index is -0.236. The summed E-state index contributed by atoms with van der Waals surface area (Å²) in [6.07, 6.45) is 4.96. The number of carbonyl (C=O) groups excluding carboxylic acids is 1. The third kappa shape index (κ3) is 5.73. The number of halogens is 2. The Balaban J connectivity index is 1.65. The van der Waals surface area contributed by atoms with E-state index in [0.717, 1.165) is 0 Å². The van der Waals surface area contributed by atoms with E-state index < -0.39 is 0 Å². The monoisotopic (exact) mass is 482 g/mol. The second-order valence-corrected chi connectivity index (χ2v) is 7.61. The van der Waals surface area contributed by atoms with Crippen LogP contribution in [0.4, 0.5) is 5.95 Å². The average Bonchev–Trinajstić information content (AvgIpc) is 2.81. The molecule has 2 heterocycles. The summed E-state index contributed by atoms with van der Waals surface area (Å²) in [6.45, 7) is 4.52. The Kier molecular flexibility index (Phi) is 8.38. The molecule has 1 amide bonds. The predicted octanol–water partition coefficient (Wildman–Crippen LogP) is 3.25. The highest BCUT2D eigenvalue weighted by atomic mass is 35.5. The van der Waals surface area contributed by atoms with Crippen molar-refractivity contribution in [1.29, 1.82) is 0 Å². The van der Waals surface area contributed by atoms with Crippen LogP contribution >= 0.6 is 23.2 Å². The number of hydrogen-bond donors (Lipinski definition) is 2. The molecule has 1 saturated heterocycles. The third-order valence-corrected chi connectivity index (χ3v) is 5.69. The van der Waals surface area contributed by atoms with Gasteiger partial charge in [0.2, 0.25) is 11.9 Å². The quantitative estimate of drug-likeness (QED) is 0.524. The first-order chi connectivity index (χ1) is 15.5. The van der Waals surface area contributed by atoms with Crippen molar-refractivity contribution in [2.75, 3.05) is 32.8 Å². The van der Waals surface area contributed by atoms with Gasteiger partial charge >= 0.3 is 0 Å². The summed E-state index contributed by atoms with van der Waals surface area (Å²) in [6, 6.07) is 1.31. The van der Waals surface area contributed by atoms with E-state index in [1.807, 2.05) is 0 Å².